The summed E-state index contributed by atoms with van der Waals surface area (Å²) in [6, 6.07) is 0.0548. The summed E-state index contributed by atoms with van der Waals surface area (Å²) in [5.74, 6) is 0. The summed E-state index contributed by atoms with van der Waals surface area (Å²) in [5, 5.41) is 11.2. The van der Waals surface area contributed by atoms with Crippen LogP contribution in [-0.2, 0) is 16.6 Å². The summed E-state index contributed by atoms with van der Waals surface area (Å²) < 4.78 is 27.4. The average molecular weight is 303 g/mol. The zero-order chi connectivity index (χ0) is 14.2. The van der Waals surface area contributed by atoms with E-state index in [1.54, 1.807) is 16.6 Å². The lowest BCUT2D eigenvalue weighted by atomic mass is 10.0. The summed E-state index contributed by atoms with van der Waals surface area (Å²) in [5.41, 5.74) is 0.735. The van der Waals surface area contributed by atoms with Gasteiger partial charge in [0.1, 0.15) is 4.90 Å². The number of rotatable bonds is 3. The third-order valence-electron chi connectivity index (χ3n) is 3.78. The van der Waals surface area contributed by atoms with Crippen LogP contribution < -0.4 is 0 Å². The molecule has 1 aliphatic heterocycles. The first-order valence-corrected chi connectivity index (χ1v) is 8.93. The molecule has 4 nitrogen and oxygen atoms in total. The molecule has 2 rings (SSSR count). The minimum Gasteiger partial charge on any atom is -0.391 e. The van der Waals surface area contributed by atoms with Crippen LogP contribution in [0, 0.1) is 6.92 Å². The van der Waals surface area contributed by atoms with E-state index in [0.29, 0.717) is 9.77 Å². The maximum absolute atomic E-state index is 12.9. The van der Waals surface area contributed by atoms with E-state index in [2.05, 4.69) is 0 Å². The van der Waals surface area contributed by atoms with E-state index in [4.69, 9.17) is 0 Å². The molecule has 1 saturated heterocycles. The molecule has 1 aliphatic rings. The van der Waals surface area contributed by atoms with Gasteiger partial charge in [-0.3, -0.25) is 0 Å². The molecule has 2 unspecified atom stereocenters. The Balaban J connectivity index is 2.49. The van der Waals surface area contributed by atoms with E-state index < -0.39 is 10.0 Å². The van der Waals surface area contributed by atoms with Crippen LogP contribution in [0.3, 0.4) is 0 Å². The Kier molecular flexibility index (Phi) is 4.35. The van der Waals surface area contributed by atoms with Crippen molar-refractivity contribution in [3.8, 4) is 0 Å². The van der Waals surface area contributed by atoms with Gasteiger partial charge < -0.3 is 5.11 Å². The van der Waals surface area contributed by atoms with Gasteiger partial charge in [-0.15, -0.1) is 11.3 Å². The molecule has 1 aromatic rings. The van der Waals surface area contributed by atoms with Gasteiger partial charge in [0.2, 0.25) is 10.0 Å². The van der Waals surface area contributed by atoms with Gasteiger partial charge in [-0.05, 0) is 44.6 Å². The van der Waals surface area contributed by atoms with Crippen LogP contribution in [-0.4, -0.2) is 29.9 Å². The Morgan fingerprint density at radius 1 is 1.37 bits per heavy atom. The van der Waals surface area contributed by atoms with Crippen molar-refractivity contribution in [1.82, 2.24) is 4.31 Å². The molecule has 2 heterocycles. The third kappa shape index (κ3) is 2.59. The first-order valence-electron chi connectivity index (χ1n) is 6.61. The first kappa shape index (κ1) is 15.0. The monoisotopic (exact) mass is 303 g/mol. The van der Waals surface area contributed by atoms with Crippen LogP contribution in [0.15, 0.2) is 10.3 Å². The standard InChI is InChI=1S/C13H21NO3S2/c1-9-8-18-12(7-15)13(9)19(16,17)14-10(2)5-4-6-11(14)3/h8,10-11,15H,4-7H2,1-3H3. The highest BCUT2D eigenvalue weighted by molar-refractivity contribution is 7.89. The number of nitrogens with zero attached hydrogens (tertiary/aromatic N) is 1. The van der Waals surface area contributed by atoms with Crippen molar-refractivity contribution >= 4 is 21.4 Å². The Labute approximate surface area is 119 Å². The number of aliphatic hydroxyl groups is 1. The highest BCUT2D eigenvalue weighted by Gasteiger charge is 2.37. The number of aryl methyl sites for hydroxylation is 1. The third-order valence-corrected chi connectivity index (χ3v) is 7.36. The van der Waals surface area contributed by atoms with Gasteiger partial charge in [0, 0.05) is 12.1 Å². The molecule has 0 saturated carbocycles. The highest BCUT2D eigenvalue weighted by atomic mass is 32.2. The van der Waals surface area contributed by atoms with E-state index in [9.17, 15) is 13.5 Å². The zero-order valence-electron chi connectivity index (χ0n) is 11.6. The van der Waals surface area contributed by atoms with Crippen LogP contribution in [0.5, 0.6) is 0 Å². The largest absolute Gasteiger partial charge is 0.391 e. The fourth-order valence-electron chi connectivity index (χ4n) is 2.92. The lowest BCUT2D eigenvalue weighted by Gasteiger charge is -2.37. The van der Waals surface area contributed by atoms with Crippen LogP contribution >= 0.6 is 11.3 Å². The summed E-state index contributed by atoms with van der Waals surface area (Å²) in [4.78, 5) is 0.864. The number of piperidine rings is 1. The minimum absolute atomic E-state index is 0.0274. The van der Waals surface area contributed by atoms with Gasteiger partial charge in [0.25, 0.3) is 0 Å². The maximum atomic E-state index is 12.9. The molecule has 2 atom stereocenters. The Morgan fingerprint density at radius 3 is 2.47 bits per heavy atom. The molecule has 1 aromatic heterocycles. The van der Waals surface area contributed by atoms with Crippen molar-refractivity contribution in [1.29, 1.82) is 0 Å². The van der Waals surface area contributed by atoms with Crippen LogP contribution in [0.1, 0.15) is 43.6 Å². The van der Waals surface area contributed by atoms with Gasteiger partial charge in [-0.2, -0.15) is 4.31 Å². The molecule has 19 heavy (non-hydrogen) atoms. The Morgan fingerprint density at radius 2 is 1.95 bits per heavy atom. The molecule has 0 radical (unpaired) electrons. The fourth-order valence-corrected chi connectivity index (χ4v) is 6.42. The van der Waals surface area contributed by atoms with Crippen LogP contribution in [0.2, 0.25) is 0 Å². The summed E-state index contributed by atoms with van der Waals surface area (Å²) in [6.45, 7) is 5.51. The van der Waals surface area contributed by atoms with E-state index >= 15 is 0 Å². The quantitative estimate of drug-likeness (QED) is 0.933. The van der Waals surface area contributed by atoms with Crippen molar-refractivity contribution in [2.24, 2.45) is 0 Å². The molecule has 0 aromatic carbocycles. The van der Waals surface area contributed by atoms with E-state index in [0.717, 1.165) is 24.8 Å². The van der Waals surface area contributed by atoms with Crippen molar-refractivity contribution in [3.63, 3.8) is 0 Å². The van der Waals surface area contributed by atoms with Gasteiger partial charge in [-0.1, -0.05) is 6.42 Å². The van der Waals surface area contributed by atoms with Crippen molar-refractivity contribution < 1.29 is 13.5 Å². The first-order chi connectivity index (χ1) is 8.89. The molecule has 108 valence electrons. The number of thiophene rings is 1. The lowest BCUT2D eigenvalue weighted by Crippen LogP contribution is -2.47. The number of sulfonamides is 1. The van der Waals surface area contributed by atoms with Crippen LogP contribution in [0.4, 0.5) is 0 Å². The molecular formula is C13H21NO3S2. The van der Waals surface area contributed by atoms with Gasteiger partial charge >= 0.3 is 0 Å². The summed E-state index contributed by atoms with van der Waals surface area (Å²) in [6.07, 6.45) is 2.88. The van der Waals surface area contributed by atoms with Crippen LogP contribution in [0.25, 0.3) is 0 Å². The molecule has 0 aliphatic carbocycles. The molecular weight excluding hydrogens is 282 g/mol. The minimum atomic E-state index is -3.51. The van der Waals surface area contributed by atoms with E-state index in [1.165, 1.54) is 11.3 Å². The Hall–Kier alpha value is -0.430. The van der Waals surface area contributed by atoms with E-state index in [-0.39, 0.29) is 18.7 Å². The predicted octanol–water partition coefficient (Wildman–Crippen LogP) is 2.50. The summed E-state index contributed by atoms with van der Waals surface area (Å²) in [7, 11) is -3.51. The number of aliphatic hydroxyl groups excluding tert-OH is 1. The molecule has 0 bridgehead atoms. The lowest BCUT2D eigenvalue weighted by molar-refractivity contribution is 0.203. The molecule has 0 amide bonds. The predicted molar refractivity (Wildman–Crippen MR) is 76.8 cm³/mol. The molecule has 0 spiro atoms. The van der Waals surface area contributed by atoms with Crippen molar-refractivity contribution in [2.75, 3.05) is 0 Å². The second kappa shape index (κ2) is 5.52. The summed E-state index contributed by atoms with van der Waals surface area (Å²) >= 11 is 1.31. The Bertz CT molecular complexity index is 540. The average Bonchev–Trinajstić information content (AvgIpc) is 2.70. The smallest absolute Gasteiger partial charge is 0.245 e. The molecule has 1 fully saturated rings. The number of hydrogen-bond donors (Lipinski definition) is 1. The van der Waals surface area contributed by atoms with E-state index in [1.807, 2.05) is 13.8 Å². The maximum Gasteiger partial charge on any atom is 0.245 e. The van der Waals surface area contributed by atoms with Crippen molar-refractivity contribution in [3.05, 3.63) is 15.8 Å². The van der Waals surface area contributed by atoms with Gasteiger partial charge in [0.05, 0.1) is 11.5 Å². The molecule has 6 heteroatoms. The number of hydrogen-bond acceptors (Lipinski definition) is 4. The second-order valence-corrected chi connectivity index (χ2v) is 8.04. The molecule has 1 N–H and O–H groups in total. The fraction of sp³-hybridized carbons (Fsp3) is 0.692. The highest BCUT2D eigenvalue weighted by Crippen LogP contribution is 2.34. The van der Waals surface area contributed by atoms with Crippen molar-refractivity contribution in [2.45, 2.75) is 63.6 Å². The topological polar surface area (TPSA) is 57.6 Å². The second-order valence-electron chi connectivity index (χ2n) is 5.29. The van der Waals surface area contributed by atoms with Gasteiger partial charge in [-0.25, -0.2) is 8.42 Å². The van der Waals surface area contributed by atoms with Gasteiger partial charge in [0.15, 0.2) is 0 Å². The SMILES string of the molecule is Cc1csc(CO)c1S(=O)(=O)N1C(C)CCCC1C. The zero-order valence-corrected chi connectivity index (χ0v) is 13.2. The normalized spacial score (nSPS) is 25.7.